The van der Waals surface area contributed by atoms with Crippen LogP contribution in [0, 0.1) is 5.92 Å². The largest absolute Gasteiger partial charge is 0.493 e. The second kappa shape index (κ2) is 3.97. The summed E-state index contributed by atoms with van der Waals surface area (Å²) in [5.41, 5.74) is 4.82. The second-order valence-corrected chi connectivity index (χ2v) is 3.96. The fourth-order valence-electron chi connectivity index (χ4n) is 1.49. The molecule has 88 valence electrons. The van der Waals surface area contributed by atoms with Gasteiger partial charge in [-0.2, -0.15) is 13.2 Å². The minimum atomic E-state index is -4.37. The number of alkyl halides is 3. The lowest BCUT2D eigenvalue weighted by molar-refractivity contribution is -0.139. The van der Waals surface area contributed by atoms with Crippen LogP contribution in [0.3, 0.4) is 0 Å². The van der Waals surface area contributed by atoms with Gasteiger partial charge in [0, 0.05) is 12.0 Å². The Labute approximate surface area is 91.2 Å². The van der Waals surface area contributed by atoms with Gasteiger partial charge in [-0.05, 0) is 18.6 Å². The highest BCUT2D eigenvalue weighted by atomic mass is 19.4. The summed E-state index contributed by atoms with van der Waals surface area (Å²) >= 11 is 0. The van der Waals surface area contributed by atoms with E-state index >= 15 is 0 Å². The Morgan fingerprint density at radius 1 is 1.31 bits per heavy atom. The van der Waals surface area contributed by atoms with Crippen molar-refractivity contribution in [2.75, 3.05) is 6.61 Å². The van der Waals surface area contributed by atoms with Gasteiger partial charge >= 0.3 is 6.18 Å². The van der Waals surface area contributed by atoms with E-state index < -0.39 is 11.7 Å². The molecule has 2 rings (SSSR count). The summed E-state index contributed by atoms with van der Waals surface area (Å²) in [5.74, 6) is 0.0791. The van der Waals surface area contributed by atoms with Gasteiger partial charge in [0.05, 0.1) is 12.2 Å². The SMILES string of the molecule is NC1CC1COc1ccccc1C(F)(F)F. The third-order valence-electron chi connectivity index (χ3n) is 2.62. The molecule has 1 aromatic carbocycles. The number of para-hydroxylation sites is 1. The molecule has 0 saturated heterocycles. The van der Waals surface area contributed by atoms with Crippen molar-refractivity contribution in [3.63, 3.8) is 0 Å². The van der Waals surface area contributed by atoms with E-state index in [1.165, 1.54) is 18.2 Å². The molecule has 2 N–H and O–H groups in total. The van der Waals surface area contributed by atoms with Crippen molar-refractivity contribution in [1.82, 2.24) is 0 Å². The number of hydrogen-bond donors (Lipinski definition) is 1. The van der Waals surface area contributed by atoms with Crippen LogP contribution in [0.5, 0.6) is 5.75 Å². The van der Waals surface area contributed by atoms with Crippen LogP contribution in [-0.4, -0.2) is 12.6 Å². The van der Waals surface area contributed by atoms with Crippen molar-refractivity contribution in [2.24, 2.45) is 11.7 Å². The highest BCUT2D eigenvalue weighted by Crippen LogP contribution is 2.37. The molecule has 0 spiro atoms. The van der Waals surface area contributed by atoms with E-state index in [0.29, 0.717) is 0 Å². The Morgan fingerprint density at radius 2 is 1.94 bits per heavy atom. The molecule has 0 radical (unpaired) electrons. The van der Waals surface area contributed by atoms with Gasteiger partial charge in [-0.3, -0.25) is 0 Å². The zero-order valence-corrected chi connectivity index (χ0v) is 8.50. The molecule has 2 atom stereocenters. The molecular formula is C11H12F3NO. The molecule has 0 heterocycles. The average molecular weight is 231 g/mol. The van der Waals surface area contributed by atoms with Gasteiger partial charge in [0.2, 0.25) is 0 Å². The highest BCUT2D eigenvalue weighted by molar-refractivity contribution is 5.35. The Kier molecular flexibility index (Phi) is 2.80. The summed E-state index contributed by atoms with van der Waals surface area (Å²) in [6.07, 6.45) is -3.55. The van der Waals surface area contributed by atoms with Gasteiger partial charge < -0.3 is 10.5 Å². The summed E-state index contributed by atoms with van der Waals surface area (Å²) in [6, 6.07) is 5.30. The first-order chi connectivity index (χ1) is 7.48. The van der Waals surface area contributed by atoms with Gasteiger partial charge in [-0.1, -0.05) is 12.1 Å². The molecule has 16 heavy (non-hydrogen) atoms. The maximum Gasteiger partial charge on any atom is 0.419 e. The lowest BCUT2D eigenvalue weighted by Crippen LogP contribution is -2.12. The molecule has 1 fully saturated rings. The fourth-order valence-corrected chi connectivity index (χ4v) is 1.49. The number of nitrogens with two attached hydrogens (primary N) is 1. The van der Waals surface area contributed by atoms with E-state index in [1.807, 2.05) is 0 Å². The van der Waals surface area contributed by atoms with Crippen LogP contribution in [-0.2, 0) is 6.18 Å². The lowest BCUT2D eigenvalue weighted by Gasteiger charge is -2.13. The van der Waals surface area contributed by atoms with Gasteiger partial charge in [0.1, 0.15) is 5.75 Å². The molecular weight excluding hydrogens is 219 g/mol. The molecule has 1 aliphatic carbocycles. The lowest BCUT2D eigenvalue weighted by atomic mass is 10.2. The molecule has 1 aromatic rings. The first-order valence-electron chi connectivity index (χ1n) is 5.03. The number of halogens is 3. The van der Waals surface area contributed by atoms with E-state index in [2.05, 4.69) is 0 Å². The zero-order chi connectivity index (χ0) is 11.8. The number of ether oxygens (including phenoxy) is 1. The number of benzene rings is 1. The molecule has 1 saturated carbocycles. The maximum atomic E-state index is 12.6. The zero-order valence-electron chi connectivity index (χ0n) is 8.50. The minimum Gasteiger partial charge on any atom is -0.493 e. The normalized spacial score (nSPS) is 24.2. The van der Waals surface area contributed by atoms with Crippen LogP contribution >= 0.6 is 0 Å². The summed E-state index contributed by atoms with van der Waals surface area (Å²) in [4.78, 5) is 0. The van der Waals surface area contributed by atoms with Gasteiger partial charge in [-0.15, -0.1) is 0 Å². The van der Waals surface area contributed by atoms with Crippen LogP contribution in [0.25, 0.3) is 0 Å². The summed E-state index contributed by atoms with van der Waals surface area (Å²) in [5, 5.41) is 0. The van der Waals surface area contributed by atoms with Crippen molar-refractivity contribution in [2.45, 2.75) is 18.6 Å². The van der Waals surface area contributed by atoms with Gasteiger partial charge in [0.25, 0.3) is 0 Å². The fraction of sp³-hybridized carbons (Fsp3) is 0.455. The molecule has 5 heteroatoms. The molecule has 0 amide bonds. The Hall–Kier alpha value is -1.23. The van der Waals surface area contributed by atoms with Crippen LogP contribution in [0.1, 0.15) is 12.0 Å². The predicted molar refractivity (Wildman–Crippen MR) is 53.0 cm³/mol. The average Bonchev–Trinajstić information content (AvgIpc) is 2.91. The second-order valence-electron chi connectivity index (χ2n) is 3.96. The smallest absolute Gasteiger partial charge is 0.419 e. The Morgan fingerprint density at radius 3 is 2.50 bits per heavy atom. The quantitative estimate of drug-likeness (QED) is 0.867. The third kappa shape index (κ3) is 2.47. The van der Waals surface area contributed by atoms with Gasteiger partial charge in [-0.25, -0.2) is 0 Å². The molecule has 2 unspecified atom stereocenters. The van der Waals surface area contributed by atoms with Gasteiger partial charge in [0.15, 0.2) is 0 Å². The number of rotatable bonds is 3. The van der Waals surface area contributed by atoms with Crippen molar-refractivity contribution in [3.05, 3.63) is 29.8 Å². The first-order valence-corrected chi connectivity index (χ1v) is 5.03. The summed E-state index contributed by atoms with van der Waals surface area (Å²) in [7, 11) is 0. The highest BCUT2D eigenvalue weighted by Gasteiger charge is 2.36. The predicted octanol–water partition coefficient (Wildman–Crippen LogP) is 2.43. The maximum absolute atomic E-state index is 12.6. The Bertz CT molecular complexity index is 378. The Balaban J connectivity index is 2.07. The van der Waals surface area contributed by atoms with Crippen molar-refractivity contribution >= 4 is 0 Å². The summed E-state index contributed by atoms with van der Waals surface area (Å²) < 4.78 is 42.8. The molecule has 0 aliphatic heterocycles. The topological polar surface area (TPSA) is 35.2 Å². The van der Waals surface area contributed by atoms with E-state index in [4.69, 9.17) is 10.5 Å². The molecule has 2 nitrogen and oxygen atoms in total. The van der Waals surface area contributed by atoms with Crippen molar-refractivity contribution < 1.29 is 17.9 Å². The van der Waals surface area contributed by atoms with E-state index in [1.54, 1.807) is 0 Å². The van der Waals surface area contributed by atoms with E-state index in [9.17, 15) is 13.2 Å². The van der Waals surface area contributed by atoms with Crippen LogP contribution in [0.2, 0.25) is 0 Å². The molecule has 1 aliphatic rings. The van der Waals surface area contributed by atoms with Crippen molar-refractivity contribution in [3.8, 4) is 5.75 Å². The van der Waals surface area contributed by atoms with Crippen molar-refractivity contribution in [1.29, 1.82) is 0 Å². The first kappa shape index (κ1) is 11.3. The van der Waals surface area contributed by atoms with Crippen LogP contribution < -0.4 is 10.5 Å². The monoisotopic (exact) mass is 231 g/mol. The number of hydrogen-bond acceptors (Lipinski definition) is 2. The van der Waals surface area contributed by atoms with E-state index in [0.717, 1.165) is 12.5 Å². The third-order valence-corrected chi connectivity index (χ3v) is 2.62. The standard InChI is InChI=1S/C11H12F3NO/c12-11(13,14)8-3-1-2-4-10(8)16-6-7-5-9(7)15/h1-4,7,9H,5-6,15H2. The summed E-state index contributed by atoms with van der Waals surface area (Å²) in [6.45, 7) is 0.258. The van der Waals surface area contributed by atoms with Crippen LogP contribution in [0.15, 0.2) is 24.3 Å². The molecule has 0 aromatic heterocycles. The molecule has 0 bridgehead atoms. The van der Waals surface area contributed by atoms with E-state index in [-0.39, 0.29) is 24.3 Å². The minimum absolute atomic E-state index is 0.0815. The van der Waals surface area contributed by atoms with Crippen LogP contribution in [0.4, 0.5) is 13.2 Å².